The molecule has 92 valence electrons. The van der Waals surface area contributed by atoms with E-state index >= 15 is 0 Å². The molecule has 0 amide bonds. The summed E-state index contributed by atoms with van der Waals surface area (Å²) in [6.45, 7) is 2.01. The fourth-order valence-electron chi connectivity index (χ4n) is 1.78. The van der Waals surface area contributed by atoms with Gasteiger partial charge in [-0.05, 0) is 12.2 Å². The second-order valence-electron chi connectivity index (χ2n) is 4.11. The van der Waals surface area contributed by atoms with Gasteiger partial charge < -0.3 is 10.2 Å². The quantitative estimate of drug-likeness (QED) is 0.583. The Labute approximate surface area is 108 Å². The van der Waals surface area contributed by atoms with Crippen LogP contribution in [-0.2, 0) is 4.74 Å². The van der Waals surface area contributed by atoms with E-state index in [1.165, 1.54) is 12.1 Å². The van der Waals surface area contributed by atoms with Crippen molar-refractivity contribution in [3.05, 3.63) is 71.5 Å². The molecule has 0 spiro atoms. The monoisotopic (exact) mass is 240 g/mol. The minimum Gasteiger partial charge on any atom is -0.410 e. The largest absolute Gasteiger partial charge is 0.410 e. The van der Waals surface area contributed by atoms with Gasteiger partial charge in [0, 0.05) is 7.11 Å². The highest BCUT2D eigenvalue weighted by Gasteiger charge is 1.93. The lowest BCUT2D eigenvalue weighted by atomic mass is 9.62. The molecule has 0 unspecified atom stereocenters. The molecule has 1 aromatic rings. The summed E-state index contributed by atoms with van der Waals surface area (Å²) in [6, 6.07) is 6.56. The van der Waals surface area contributed by atoms with Crippen LogP contribution in [0.25, 0.3) is 0 Å². The third-order valence-electron chi connectivity index (χ3n) is 2.78. The van der Waals surface area contributed by atoms with Crippen LogP contribution in [-0.4, -0.2) is 14.4 Å². The minimum atomic E-state index is -0.216. The van der Waals surface area contributed by atoms with E-state index in [4.69, 9.17) is 4.74 Å². The number of allylic oxidation sites excluding steroid dienone is 4. The summed E-state index contributed by atoms with van der Waals surface area (Å²) in [5.41, 5.74) is 3.05. The van der Waals surface area contributed by atoms with Gasteiger partial charge in [0.1, 0.15) is 5.82 Å². The van der Waals surface area contributed by atoms with Crippen molar-refractivity contribution in [2.75, 3.05) is 7.11 Å². The smallest absolute Gasteiger partial charge is 0.119 e. The molecule has 0 heterocycles. The standard InChI is InChI=1S/C15H14BFO/c1-11(12-6-8-15(18-2)9-7-12)16-13-4-3-5-14(17)10-13/h3-10H,1-2H3/q-2. The normalized spacial score (nSPS) is 14.2. The van der Waals surface area contributed by atoms with E-state index in [2.05, 4.69) is 0 Å². The summed E-state index contributed by atoms with van der Waals surface area (Å²) in [5, 5.41) is 0. The van der Waals surface area contributed by atoms with Crippen LogP contribution in [0.1, 0.15) is 6.92 Å². The molecule has 18 heavy (non-hydrogen) atoms. The zero-order valence-electron chi connectivity index (χ0n) is 10.5. The number of halogens is 1. The second kappa shape index (κ2) is 5.74. The Hall–Kier alpha value is -1.74. The Morgan fingerprint density at radius 3 is 2.61 bits per heavy atom. The van der Waals surface area contributed by atoms with Crippen LogP contribution in [0, 0.1) is 11.9 Å². The van der Waals surface area contributed by atoms with E-state index in [1.807, 2.05) is 44.6 Å². The highest BCUT2D eigenvalue weighted by Crippen LogP contribution is 2.18. The molecule has 0 atom stereocenters. The molecule has 1 aromatic carbocycles. The first-order valence-electron chi connectivity index (χ1n) is 5.77. The van der Waals surface area contributed by atoms with Crippen molar-refractivity contribution in [2.24, 2.45) is 0 Å². The predicted octanol–water partition coefficient (Wildman–Crippen LogP) is 2.73. The summed E-state index contributed by atoms with van der Waals surface area (Å²) in [6.07, 6.45) is 8.64. The Kier molecular flexibility index (Phi) is 4.05. The van der Waals surface area contributed by atoms with Gasteiger partial charge in [-0.15, -0.1) is 18.2 Å². The Morgan fingerprint density at radius 2 is 2.00 bits per heavy atom. The van der Waals surface area contributed by atoms with E-state index in [9.17, 15) is 4.39 Å². The zero-order chi connectivity index (χ0) is 13.0. The highest BCUT2D eigenvalue weighted by molar-refractivity contribution is 6.61. The average Bonchev–Trinajstić information content (AvgIpc) is 2.39. The maximum atomic E-state index is 13.1. The van der Waals surface area contributed by atoms with Crippen molar-refractivity contribution in [1.29, 1.82) is 0 Å². The molecule has 0 aromatic heterocycles. The first-order chi connectivity index (χ1) is 8.69. The number of hydrogen-bond donors (Lipinski definition) is 0. The highest BCUT2D eigenvalue weighted by atomic mass is 19.1. The molecule has 2 radical (unpaired) electrons. The summed E-state index contributed by atoms with van der Waals surface area (Å²) in [7, 11) is 3.61. The summed E-state index contributed by atoms with van der Waals surface area (Å²) >= 11 is 0. The number of rotatable bonds is 3. The van der Waals surface area contributed by atoms with Crippen molar-refractivity contribution in [3.63, 3.8) is 0 Å². The lowest BCUT2D eigenvalue weighted by Gasteiger charge is -2.27. The number of ether oxygens (including phenoxy) is 1. The fraction of sp³-hybridized carbons (Fsp3) is 0.133. The van der Waals surface area contributed by atoms with E-state index < -0.39 is 0 Å². The minimum absolute atomic E-state index is 0.216. The first-order valence-corrected chi connectivity index (χ1v) is 5.77. The van der Waals surface area contributed by atoms with Gasteiger partial charge in [0.15, 0.2) is 0 Å². The molecule has 3 heteroatoms. The Bertz CT molecular complexity index is 501. The van der Waals surface area contributed by atoms with Gasteiger partial charge in [-0.3, -0.25) is 12.7 Å². The van der Waals surface area contributed by atoms with E-state index in [1.54, 1.807) is 13.2 Å². The molecular formula is C15H14BFO-2. The zero-order valence-corrected chi connectivity index (χ0v) is 10.5. The Balaban J connectivity index is 2.13. The van der Waals surface area contributed by atoms with Gasteiger partial charge in [-0.1, -0.05) is 19.1 Å². The molecule has 2 rings (SSSR count). The second-order valence-corrected chi connectivity index (χ2v) is 4.11. The van der Waals surface area contributed by atoms with Crippen LogP contribution < -0.4 is 5.46 Å². The third kappa shape index (κ3) is 3.14. The molecular weight excluding hydrogens is 226 g/mol. The van der Waals surface area contributed by atoms with Crippen molar-refractivity contribution in [1.82, 2.24) is 0 Å². The first kappa shape index (κ1) is 12.7. The maximum Gasteiger partial charge on any atom is 0.119 e. The van der Waals surface area contributed by atoms with Crippen molar-refractivity contribution >= 4 is 12.7 Å². The van der Waals surface area contributed by atoms with Gasteiger partial charge in [-0.25, -0.2) is 4.39 Å². The molecule has 0 bridgehead atoms. The molecule has 0 saturated carbocycles. The van der Waals surface area contributed by atoms with Crippen LogP contribution in [0.4, 0.5) is 4.39 Å². The summed E-state index contributed by atoms with van der Waals surface area (Å²) < 4.78 is 18.2. The van der Waals surface area contributed by atoms with E-state index in [0.29, 0.717) is 0 Å². The fourth-order valence-corrected chi connectivity index (χ4v) is 1.78. The molecule has 1 aliphatic rings. The molecule has 0 fully saturated rings. The van der Waals surface area contributed by atoms with Gasteiger partial charge in [0.2, 0.25) is 0 Å². The molecule has 0 aliphatic heterocycles. The van der Waals surface area contributed by atoms with Crippen LogP contribution in [0.5, 0.6) is 0 Å². The van der Waals surface area contributed by atoms with Gasteiger partial charge >= 0.3 is 0 Å². The number of benzene rings is 1. The van der Waals surface area contributed by atoms with Crippen LogP contribution >= 0.6 is 0 Å². The van der Waals surface area contributed by atoms with Crippen molar-refractivity contribution in [3.8, 4) is 0 Å². The molecule has 0 N–H and O–H groups in total. The van der Waals surface area contributed by atoms with Crippen LogP contribution in [0.3, 0.4) is 0 Å². The molecule has 1 nitrogen and oxygen atoms in total. The van der Waals surface area contributed by atoms with Gasteiger partial charge in [0.25, 0.3) is 0 Å². The van der Waals surface area contributed by atoms with E-state index in [0.717, 1.165) is 22.6 Å². The lowest BCUT2D eigenvalue weighted by Crippen LogP contribution is -2.16. The number of hydrogen-bond acceptors (Lipinski definition) is 1. The predicted molar refractivity (Wildman–Crippen MR) is 73.0 cm³/mol. The maximum absolute atomic E-state index is 13.1. The molecule has 1 aliphatic carbocycles. The van der Waals surface area contributed by atoms with Gasteiger partial charge in [0.05, 0.1) is 0 Å². The summed E-state index contributed by atoms with van der Waals surface area (Å²) in [4.78, 5) is 0. The Morgan fingerprint density at radius 1 is 1.28 bits per heavy atom. The number of methoxy groups -OCH3 is 1. The third-order valence-corrected chi connectivity index (χ3v) is 2.78. The van der Waals surface area contributed by atoms with Crippen LogP contribution in [0.2, 0.25) is 0 Å². The van der Waals surface area contributed by atoms with E-state index in [-0.39, 0.29) is 5.82 Å². The topological polar surface area (TPSA) is 9.23 Å². The average molecular weight is 240 g/mol. The summed E-state index contributed by atoms with van der Waals surface area (Å²) in [5.74, 6) is -0.216. The van der Waals surface area contributed by atoms with Crippen LogP contribution in [0.15, 0.2) is 59.6 Å². The SMILES string of the molecule is CO[C-]1C=CC(=C(C)[B-]c2cccc(F)c2)C=C1. The lowest BCUT2D eigenvalue weighted by molar-refractivity contribution is 0.257. The van der Waals surface area contributed by atoms with Crippen molar-refractivity contribution in [2.45, 2.75) is 6.92 Å². The molecule has 0 saturated heterocycles. The van der Waals surface area contributed by atoms with Crippen molar-refractivity contribution < 1.29 is 9.13 Å². The van der Waals surface area contributed by atoms with Gasteiger partial charge in [-0.2, -0.15) is 17.7 Å².